The summed E-state index contributed by atoms with van der Waals surface area (Å²) in [5.41, 5.74) is 2.24. The maximum atomic E-state index is 13.5. The van der Waals surface area contributed by atoms with Gasteiger partial charge in [-0.3, -0.25) is 20.0 Å². The second kappa shape index (κ2) is 12.9. The predicted octanol–water partition coefficient (Wildman–Crippen LogP) is 3.84. The van der Waals surface area contributed by atoms with Crippen LogP contribution in [-0.2, 0) is 9.47 Å². The van der Waals surface area contributed by atoms with Crippen molar-refractivity contribution in [1.29, 1.82) is 5.41 Å². The summed E-state index contributed by atoms with van der Waals surface area (Å²) in [6.45, 7) is 5.07. The zero-order valence-corrected chi connectivity index (χ0v) is 23.1. The molecule has 4 rings (SSSR count). The highest BCUT2D eigenvalue weighted by Crippen LogP contribution is 2.27. The number of pyridine rings is 1. The van der Waals surface area contributed by atoms with Gasteiger partial charge in [0, 0.05) is 36.7 Å². The van der Waals surface area contributed by atoms with Gasteiger partial charge in [0.25, 0.3) is 11.8 Å². The van der Waals surface area contributed by atoms with Gasteiger partial charge >= 0.3 is 12.1 Å². The lowest BCUT2D eigenvalue weighted by molar-refractivity contribution is 0.0000550. The molecule has 12 heteroatoms. The molecule has 1 aromatic carbocycles. The van der Waals surface area contributed by atoms with Crippen LogP contribution in [0.2, 0.25) is 0 Å². The van der Waals surface area contributed by atoms with Crippen LogP contribution in [0, 0.1) is 19.3 Å². The number of aromatic amines is 1. The Kier molecular flexibility index (Phi) is 9.12. The van der Waals surface area contributed by atoms with E-state index in [0.717, 1.165) is 24.2 Å². The number of rotatable bonds is 10. The highest BCUT2D eigenvalue weighted by atomic mass is 16.7. The van der Waals surface area contributed by atoms with E-state index in [0.29, 0.717) is 28.8 Å². The number of nitrogens with one attached hydrogen (secondary N) is 4. The molecule has 1 aliphatic carbocycles. The van der Waals surface area contributed by atoms with Gasteiger partial charge in [-0.1, -0.05) is 13.0 Å². The molecule has 2 aromatic heterocycles. The van der Waals surface area contributed by atoms with Gasteiger partial charge in [-0.15, -0.1) is 0 Å². The third-order valence-corrected chi connectivity index (χ3v) is 6.46. The third kappa shape index (κ3) is 6.96. The molecule has 0 saturated heterocycles. The number of amidine groups is 1. The number of nitrogens with zero attached hydrogens (tertiary/aromatic N) is 2. The van der Waals surface area contributed by atoms with E-state index in [1.165, 1.54) is 30.7 Å². The van der Waals surface area contributed by atoms with Crippen LogP contribution in [0.15, 0.2) is 48.9 Å². The Balaban J connectivity index is 1.62. The molecule has 1 aliphatic rings. The average molecular weight is 561 g/mol. The van der Waals surface area contributed by atoms with Crippen molar-refractivity contribution in [2.24, 2.45) is 0 Å². The number of ether oxygens (including phenoxy) is 2. The number of carbonyl (C=O) groups is 4. The van der Waals surface area contributed by atoms with Gasteiger partial charge in [-0.2, -0.15) is 0 Å². The quantitative estimate of drug-likeness (QED) is 0.126. The number of aromatic nitrogens is 2. The van der Waals surface area contributed by atoms with Crippen LogP contribution in [0.4, 0.5) is 10.5 Å². The number of H-pyrrole nitrogens is 1. The fourth-order valence-corrected chi connectivity index (χ4v) is 3.99. The first-order chi connectivity index (χ1) is 19.7. The molecule has 12 nitrogen and oxygen atoms in total. The molecule has 2 heterocycles. The van der Waals surface area contributed by atoms with Crippen molar-refractivity contribution in [3.05, 3.63) is 82.4 Å². The van der Waals surface area contributed by atoms with E-state index >= 15 is 0 Å². The van der Waals surface area contributed by atoms with E-state index in [-0.39, 0.29) is 40.6 Å². The highest BCUT2D eigenvalue weighted by Gasteiger charge is 2.30. The zero-order valence-electron chi connectivity index (χ0n) is 23.1. The van der Waals surface area contributed by atoms with Gasteiger partial charge in [-0.05, 0) is 68.5 Å². The Labute approximate surface area is 236 Å². The molecule has 4 N–H and O–H groups in total. The number of aryl methyl sites for hydroxylation is 1. The summed E-state index contributed by atoms with van der Waals surface area (Å²) < 4.78 is 10.3. The molecule has 214 valence electrons. The van der Waals surface area contributed by atoms with E-state index in [1.807, 2.05) is 6.92 Å². The van der Waals surface area contributed by atoms with Crippen LogP contribution in [-0.4, -0.2) is 59.1 Å². The monoisotopic (exact) mass is 560 g/mol. The van der Waals surface area contributed by atoms with Gasteiger partial charge in [0.1, 0.15) is 0 Å². The van der Waals surface area contributed by atoms with Crippen LogP contribution in [0.5, 0.6) is 0 Å². The number of benzene rings is 1. The number of hydrogen-bond acceptors (Lipinski definition) is 8. The average Bonchev–Trinajstić information content (AvgIpc) is 3.70. The smallest absolute Gasteiger partial charge is 0.423 e. The van der Waals surface area contributed by atoms with Crippen LogP contribution in [0.1, 0.15) is 74.1 Å². The minimum atomic E-state index is -1.03. The van der Waals surface area contributed by atoms with Gasteiger partial charge in [0.2, 0.25) is 6.79 Å². The van der Waals surface area contributed by atoms with Gasteiger partial charge in [0.05, 0.1) is 22.5 Å². The molecule has 1 saturated carbocycles. The first-order valence-electron chi connectivity index (χ1n) is 13.2. The van der Waals surface area contributed by atoms with Gasteiger partial charge < -0.3 is 25.1 Å². The SMILES string of the molecule is CCCNC(=O)c1c[nH]c(C(=N)N(C(=O)OCOC(=O)c2cccnc2)c2cc(C(=O)NC3CC3)ccc2C)c1C. The number of carbonyl (C=O) groups excluding carboxylic acids is 4. The Hall–Kier alpha value is -5.00. The molecule has 0 radical (unpaired) electrons. The second-order valence-corrected chi connectivity index (χ2v) is 9.59. The van der Waals surface area contributed by atoms with Crippen LogP contribution in [0.25, 0.3) is 0 Å². The van der Waals surface area contributed by atoms with E-state index in [4.69, 9.17) is 14.9 Å². The minimum absolute atomic E-state index is 0.125. The summed E-state index contributed by atoms with van der Waals surface area (Å²) >= 11 is 0. The molecular weight excluding hydrogens is 528 g/mol. The summed E-state index contributed by atoms with van der Waals surface area (Å²) in [6, 6.07) is 7.99. The lowest BCUT2D eigenvalue weighted by Crippen LogP contribution is -2.39. The Morgan fingerprint density at radius 1 is 1.10 bits per heavy atom. The fraction of sp³-hybridized carbons (Fsp3) is 0.310. The van der Waals surface area contributed by atoms with Crippen molar-refractivity contribution in [2.45, 2.75) is 46.1 Å². The maximum Gasteiger partial charge on any atom is 0.423 e. The van der Waals surface area contributed by atoms with Gasteiger partial charge in [0.15, 0.2) is 5.84 Å². The summed E-state index contributed by atoms with van der Waals surface area (Å²) in [7, 11) is 0. The molecule has 1 fully saturated rings. The molecule has 0 bridgehead atoms. The molecule has 0 atom stereocenters. The zero-order chi connectivity index (χ0) is 29.5. The lowest BCUT2D eigenvalue weighted by Gasteiger charge is -2.25. The number of esters is 1. The molecule has 3 aromatic rings. The lowest BCUT2D eigenvalue weighted by atomic mass is 10.1. The summed E-state index contributed by atoms with van der Waals surface area (Å²) in [5.74, 6) is -1.69. The number of hydrogen-bond donors (Lipinski definition) is 4. The molecule has 41 heavy (non-hydrogen) atoms. The Morgan fingerprint density at radius 3 is 2.56 bits per heavy atom. The topological polar surface area (TPSA) is 167 Å². The van der Waals surface area contributed by atoms with E-state index in [1.54, 1.807) is 32.0 Å². The fourth-order valence-electron chi connectivity index (χ4n) is 3.99. The van der Waals surface area contributed by atoms with Crippen LogP contribution in [0.3, 0.4) is 0 Å². The molecule has 3 amide bonds. The Bertz CT molecular complexity index is 1460. The van der Waals surface area contributed by atoms with Crippen LogP contribution < -0.4 is 15.5 Å². The van der Waals surface area contributed by atoms with E-state index in [9.17, 15) is 19.2 Å². The highest BCUT2D eigenvalue weighted by molar-refractivity contribution is 6.21. The second-order valence-electron chi connectivity index (χ2n) is 9.59. The van der Waals surface area contributed by atoms with Crippen molar-refractivity contribution in [2.75, 3.05) is 18.2 Å². The number of anilines is 1. The Morgan fingerprint density at radius 2 is 1.88 bits per heavy atom. The molecule has 0 unspecified atom stereocenters. The van der Waals surface area contributed by atoms with Crippen molar-refractivity contribution >= 4 is 35.4 Å². The number of amides is 3. The normalized spacial score (nSPS) is 12.3. The van der Waals surface area contributed by atoms with Crippen LogP contribution >= 0.6 is 0 Å². The van der Waals surface area contributed by atoms with Crippen molar-refractivity contribution in [3.8, 4) is 0 Å². The molecule has 0 spiro atoms. The minimum Gasteiger partial charge on any atom is -0.424 e. The first-order valence-corrected chi connectivity index (χ1v) is 13.2. The standard InChI is InChI=1S/C29H32N6O6/c1-4-11-32-27(37)22-15-33-24(18(22)3)25(30)35(29(39)41-16-40-28(38)20-6-5-12-31-14-20)23-13-19(8-7-17(23)2)26(36)34-21-9-10-21/h5-8,12-15,21,30,33H,4,9-11,16H2,1-3H3,(H,32,37)(H,34,36). The third-order valence-electron chi connectivity index (χ3n) is 6.46. The molecule has 0 aliphatic heterocycles. The van der Waals surface area contributed by atoms with Crippen molar-refractivity contribution in [1.82, 2.24) is 20.6 Å². The largest absolute Gasteiger partial charge is 0.424 e. The first kappa shape index (κ1) is 29.0. The van der Waals surface area contributed by atoms with E-state index in [2.05, 4.69) is 20.6 Å². The van der Waals surface area contributed by atoms with Crippen molar-refractivity contribution in [3.63, 3.8) is 0 Å². The van der Waals surface area contributed by atoms with E-state index < -0.39 is 18.9 Å². The maximum absolute atomic E-state index is 13.5. The summed E-state index contributed by atoms with van der Waals surface area (Å²) in [5, 5.41) is 14.7. The van der Waals surface area contributed by atoms with Gasteiger partial charge in [-0.25, -0.2) is 14.5 Å². The summed E-state index contributed by atoms with van der Waals surface area (Å²) in [4.78, 5) is 58.9. The predicted molar refractivity (Wildman–Crippen MR) is 150 cm³/mol. The summed E-state index contributed by atoms with van der Waals surface area (Å²) in [6.07, 6.45) is 5.83. The molecular formula is C29H32N6O6. The van der Waals surface area contributed by atoms with Crippen molar-refractivity contribution < 1.29 is 28.7 Å².